The van der Waals surface area contributed by atoms with E-state index in [9.17, 15) is 18.9 Å². The number of nitro groups is 1. The van der Waals surface area contributed by atoms with Crippen molar-refractivity contribution in [2.75, 3.05) is 18.5 Å². The van der Waals surface area contributed by atoms with Gasteiger partial charge >= 0.3 is 5.69 Å². The summed E-state index contributed by atoms with van der Waals surface area (Å²) in [6.07, 6.45) is 0. The number of hydrogen-bond donors (Lipinski definition) is 2. The van der Waals surface area contributed by atoms with Gasteiger partial charge in [0.25, 0.3) is 5.92 Å². The number of alkyl halides is 2. The van der Waals surface area contributed by atoms with Crippen LogP contribution in [0.5, 0.6) is 0 Å². The van der Waals surface area contributed by atoms with E-state index in [4.69, 9.17) is 16.7 Å². The second kappa shape index (κ2) is 5.24. The lowest BCUT2D eigenvalue weighted by molar-refractivity contribution is -0.383. The first kappa shape index (κ1) is 13.6. The molecule has 2 N–H and O–H groups in total. The average molecular weight is 267 g/mol. The third-order valence-corrected chi connectivity index (χ3v) is 2.24. The van der Waals surface area contributed by atoms with Gasteiger partial charge in [-0.1, -0.05) is 17.7 Å². The molecule has 0 aliphatic carbocycles. The molecule has 1 rings (SSSR count). The van der Waals surface area contributed by atoms with Crippen LogP contribution >= 0.6 is 11.6 Å². The van der Waals surface area contributed by atoms with Gasteiger partial charge in [0.2, 0.25) is 0 Å². The Morgan fingerprint density at radius 1 is 1.53 bits per heavy atom. The van der Waals surface area contributed by atoms with Crippen LogP contribution in [0, 0.1) is 10.1 Å². The van der Waals surface area contributed by atoms with Gasteiger partial charge in [0, 0.05) is 0 Å². The summed E-state index contributed by atoms with van der Waals surface area (Å²) in [6.45, 7) is -2.25. The predicted octanol–water partition coefficient (Wildman–Crippen LogP) is 2.29. The fourth-order valence-electron chi connectivity index (χ4n) is 1.12. The molecule has 0 aliphatic rings. The van der Waals surface area contributed by atoms with Gasteiger partial charge in [0.05, 0.1) is 11.5 Å². The maximum absolute atomic E-state index is 12.8. The van der Waals surface area contributed by atoms with Gasteiger partial charge in [-0.05, 0) is 12.1 Å². The van der Waals surface area contributed by atoms with Crippen LogP contribution in [0.1, 0.15) is 0 Å². The molecular formula is C9H9ClF2N2O3. The summed E-state index contributed by atoms with van der Waals surface area (Å²) in [5.41, 5.74) is -0.585. The molecule has 0 radical (unpaired) electrons. The van der Waals surface area contributed by atoms with Crippen molar-refractivity contribution in [2.24, 2.45) is 0 Å². The minimum absolute atomic E-state index is 0.115. The molecule has 0 saturated carbocycles. The molecule has 5 nitrogen and oxygen atoms in total. The van der Waals surface area contributed by atoms with E-state index in [1.807, 2.05) is 0 Å². The zero-order chi connectivity index (χ0) is 13.1. The molecule has 8 heteroatoms. The quantitative estimate of drug-likeness (QED) is 0.633. The number of nitrogens with zero attached hydrogens (tertiary/aromatic N) is 1. The van der Waals surface area contributed by atoms with Crippen LogP contribution in [-0.4, -0.2) is 29.1 Å². The first-order valence-corrected chi connectivity index (χ1v) is 4.90. The molecule has 0 spiro atoms. The van der Waals surface area contributed by atoms with Gasteiger partial charge in [-0.3, -0.25) is 10.1 Å². The summed E-state index contributed by atoms with van der Waals surface area (Å²) in [6, 6.07) is 3.95. The van der Waals surface area contributed by atoms with Crippen LogP contribution in [0.25, 0.3) is 0 Å². The molecule has 17 heavy (non-hydrogen) atoms. The predicted molar refractivity (Wildman–Crippen MR) is 58.6 cm³/mol. The molecular weight excluding hydrogens is 258 g/mol. The number of aliphatic hydroxyl groups is 1. The van der Waals surface area contributed by atoms with Crippen LogP contribution in [0.4, 0.5) is 20.2 Å². The van der Waals surface area contributed by atoms with Gasteiger partial charge in [0.15, 0.2) is 0 Å². The zero-order valence-corrected chi connectivity index (χ0v) is 9.25. The van der Waals surface area contributed by atoms with Crippen molar-refractivity contribution < 1.29 is 18.8 Å². The van der Waals surface area contributed by atoms with Crippen LogP contribution < -0.4 is 5.32 Å². The number of aliphatic hydroxyl groups excluding tert-OH is 1. The molecule has 0 bridgehead atoms. The molecule has 0 saturated heterocycles. The van der Waals surface area contributed by atoms with E-state index in [1.165, 1.54) is 18.2 Å². The van der Waals surface area contributed by atoms with Crippen molar-refractivity contribution in [3.8, 4) is 0 Å². The zero-order valence-electron chi connectivity index (χ0n) is 8.49. The Morgan fingerprint density at radius 2 is 2.18 bits per heavy atom. The summed E-state index contributed by atoms with van der Waals surface area (Å²) in [7, 11) is 0. The maximum atomic E-state index is 12.8. The maximum Gasteiger partial charge on any atom is 0.310 e. The molecule has 0 aromatic heterocycles. The second-order valence-electron chi connectivity index (χ2n) is 3.26. The number of anilines is 1. The van der Waals surface area contributed by atoms with Gasteiger partial charge in [-0.25, -0.2) is 8.78 Å². The van der Waals surface area contributed by atoms with Crippen LogP contribution in [0.15, 0.2) is 18.2 Å². The Morgan fingerprint density at radius 3 is 2.71 bits per heavy atom. The standard InChI is InChI=1S/C9H9ClF2N2O3/c10-6-2-1-3-7(8(6)14(16)17)13-4-9(11,12)5-15/h1-3,13,15H,4-5H2. The van der Waals surface area contributed by atoms with E-state index in [2.05, 4.69) is 5.32 Å². The van der Waals surface area contributed by atoms with E-state index in [0.717, 1.165) is 0 Å². The second-order valence-corrected chi connectivity index (χ2v) is 3.67. The summed E-state index contributed by atoms with van der Waals surface area (Å²) in [4.78, 5) is 9.92. The normalized spacial score (nSPS) is 11.3. The summed E-state index contributed by atoms with van der Waals surface area (Å²) in [5, 5.41) is 21.1. The summed E-state index contributed by atoms with van der Waals surface area (Å²) in [5.74, 6) is -3.35. The van der Waals surface area contributed by atoms with E-state index < -0.39 is 29.7 Å². The largest absolute Gasteiger partial charge is 0.390 e. The summed E-state index contributed by atoms with van der Waals surface area (Å²) < 4.78 is 25.5. The number of halogens is 3. The first-order chi connectivity index (χ1) is 7.87. The Balaban J connectivity index is 2.92. The lowest BCUT2D eigenvalue weighted by Crippen LogP contribution is -2.31. The monoisotopic (exact) mass is 266 g/mol. The van der Waals surface area contributed by atoms with E-state index in [0.29, 0.717) is 0 Å². The number of nitrogens with one attached hydrogen (secondary N) is 1. The Hall–Kier alpha value is -1.47. The number of benzene rings is 1. The van der Waals surface area contributed by atoms with Gasteiger partial charge in [0.1, 0.15) is 17.3 Å². The molecule has 0 heterocycles. The van der Waals surface area contributed by atoms with Crippen molar-refractivity contribution in [1.29, 1.82) is 0 Å². The topological polar surface area (TPSA) is 75.4 Å². The molecule has 0 amide bonds. The van der Waals surface area contributed by atoms with Crippen molar-refractivity contribution >= 4 is 23.0 Å². The Labute approximate surface area is 100 Å². The Kier molecular flexibility index (Phi) is 4.19. The molecule has 0 unspecified atom stereocenters. The SMILES string of the molecule is O=[N+]([O-])c1c(Cl)cccc1NCC(F)(F)CO. The molecule has 0 fully saturated rings. The highest BCUT2D eigenvalue weighted by atomic mass is 35.5. The highest BCUT2D eigenvalue weighted by molar-refractivity contribution is 6.33. The van der Waals surface area contributed by atoms with E-state index in [-0.39, 0.29) is 10.7 Å². The van der Waals surface area contributed by atoms with Crippen molar-refractivity contribution in [2.45, 2.75) is 5.92 Å². The summed E-state index contributed by atoms with van der Waals surface area (Å²) >= 11 is 5.59. The molecule has 0 atom stereocenters. The average Bonchev–Trinajstić information content (AvgIpc) is 2.26. The van der Waals surface area contributed by atoms with Crippen LogP contribution in [-0.2, 0) is 0 Å². The number of nitro benzene ring substituents is 1. The molecule has 1 aromatic carbocycles. The minimum Gasteiger partial charge on any atom is -0.390 e. The van der Waals surface area contributed by atoms with Crippen LogP contribution in [0.3, 0.4) is 0 Å². The van der Waals surface area contributed by atoms with Crippen molar-refractivity contribution in [3.05, 3.63) is 33.3 Å². The lowest BCUT2D eigenvalue weighted by Gasteiger charge is -2.15. The highest BCUT2D eigenvalue weighted by Gasteiger charge is 2.29. The Bertz CT molecular complexity index is 429. The molecule has 1 aromatic rings. The third kappa shape index (κ3) is 3.50. The smallest absolute Gasteiger partial charge is 0.310 e. The van der Waals surface area contributed by atoms with Gasteiger partial charge in [-0.15, -0.1) is 0 Å². The minimum atomic E-state index is -3.35. The fraction of sp³-hybridized carbons (Fsp3) is 0.333. The number of para-hydroxylation sites is 1. The van der Waals surface area contributed by atoms with E-state index >= 15 is 0 Å². The van der Waals surface area contributed by atoms with Crippen molar-refractivity contribution in [3.63, 3.8) is 0 Å². The third-order valence-electron chi connectivity index (χ3n) is 1.94. The number of hydrogen-bond acceptors (Lipinski definition) is 4. The highest BCUT2D eigenvalue weighted by Crippen LogP contribution is 2.32. The van der Waals surface area contributed by atoms with Gasteiger partial charge < -0.3 is 10.4 Å². The fourth-order valence-corrected chi connectivity index (χ4v) is 1.37. The lowest BCUT2D eigenvalue weighted by atomic mass is 10.2. The van der Waals surface area contributed by atoms with Crippen LogP contribution in [0.2, 0.25) is 5.02 Å². The number of rotatable bonds is 5. The van der Waals surface area contributed by atoms with Crippen molar-refractivity contribution in [1.82, 2.24) is 0 Å². The first-order valence-electron chi connectivity index (χ1n) is 4.53. The molecule has 0 aliphatic heterocycles. The van der Waals surface area contributed by atoms with E-state index in [1.54, 1.807) is 0 Å². The van der Waals surface area contributed by atoms with Gasteiger partial charge in [-0.2, -0.15) is 0 Å². The molecule has 94 valence electrons.